The summed E-state index contributed by atoms with van der Waals surface area (Å²) >= 11 is 0. The van der Waals surface area contributed by atoms with Gasteiger partial charge in [-0.15, -0.1) is 0 Å². The minimum absolute atomic E-state index is 0.506. The number of nitrogens with zero attached hydrogens (tertiary/aromatic N) is 2. The van der Waals surface area contributed by atoms with E-state index in [1.807, 2.05) is 6.20 Å². The van der Waals surface area contributed by atoms with Crippen molar-refractivity contribution < 1.29 is 0 Å². The van der Waals surface area contributed by atoms with Crippen molar-refractivity contribution in [2.45, 2.75) is 57.9 Å². The number of anilines is 2. The normalized spacial score (nSPS) is 16.3. The predicted octanol–water partition coefficient (Wildman–Crippen LogP) is 5.26. The number of para-hydroxylation sites is 1. The van der Waals surface area contributed by atoms with E-state index in [0.717, 1.165) is 5.95 Å². The molecule has 1 N–H and O–H groups in total. The maximum atomic E-state index is 4.54. The zero-order valence-electron chi connectivity index (χ0n) is 13.0. The molecule has 1 heterocycles. The van der Waals surface area contributed by atoms with Crippen LogP contribution < -0.4 is 5.32 Å². The average molecular weight is 283 g/mol. The minimum atomic E-state index is 0.506. The Kier molecular flexibility index (Phi) is 4.28. The summed E-state index contributed by atoms with van der Waals surface area (Å²) in [7, 11) is 0. The second-order valence-electron chi connectivity index (χ2n) is 6.32. The summed E-state index contributed by atoms with van der Waals surface area (Å²) in [5.74, 6) is 1.49. The van der Waals surface area contributed by atoms with E-state index in [9.17, 15) is 0 Å². The van der Waals surface area contributed by atoms with Crippen LogP contribution in [0, 0.1) is 0 Å². The number of benzene rings is 1. The lowest BCUT2D eigenvalue weighted by atomic mass is 9.95. The fraction of sp³-hybridized carbons (Fsp3) is 0.500. The highest BCUT2D eigenvalue weighted by Gasteiger charge is 2.18. The number of hydrogen-bond acceptors (Lipinski definition) is 2. The molecule has 0 bridgehead atoms. The fourth-order valence-corrected chi connectivity index (χ4v) is 3.30. The van der Waals surface area contributed by atoms with Crippen LogP contribution in [0.4, 0.5) is 11.6 Å². The second kappa shape index (κ2) is 6.33. The van der Waals surface area contributed by atoms with Crippen LogP contribution in [-0.2, 0) is 0 Å². The highest BCUT2D eigenvalue weighted by molar-refractivity contribution is 5.59. The van der Waals surface area contributed by atoms with Gasteiger partial charge in [0.05, 0.1) is 0 Å². The second-order valence-corrected chi connectivity index (χ2v) is 6.32. The van der Waals surface area contributed by atoms with E-state index in [2.05, 4.69) is 59.2 Å². The summed E-state index contributed by atoms with van der Waals surface area (Å²) in [5, 5.41) is 3.55. The van der Waals surface area contributed by atoms with Crippen LogP contribution in [0.15, 0.2) is 36.7 Å². The van der Waals surface area contributed by atoms with Crippen molar-refractivity contribution in [3.8, 4) is 0 Å². The van der Waals surface area contributed by atoms with E-state index in [0.29, 0.717) is 12.0 Å². The average Bonchev–Trinajstić information content (AvgIpc) is 2.96. The highest BCUT2D eigenvalue weighted by Crippen LogP contribution is 2.32. The van der Waals surface area contributed by atoms with Crippen LogP contribution in [0.1, 0.15) is 63.5 Å². The molecule has 0 unspecified atom stereocenters. The van der Waals surface area contributed by atoms with Gasteiger partial charge in [-0.3, -0.25) is 0 Å². The predicted molar refractivity (Wildman–Crippen MR) is 88.2 cm³/mol. The van der Waals surface area contributed by atoms with Crippen LogP contribution in [0.3, 0.4) is 0 Å². The summed E-state index contributed by atoms with van der Waals surface area (Å²) in [6, 6.07) is 9.14. The summed E-state index contributed by atoms with van der Waals surface area (Å²) in [6.07, 6.45) is 10.6. The third-order valence-corrected chi connectivity index (χ3v) is 4.47. The SMILES string of the molecule is CC(C)c1ccccc1Nc1nccn1C1CCCCC1. The van der Waals surface area contributed by atoms with Gasteiger partial charge in [-0.2, -0.15) is 0 Å². The van der Waals surface area contributed by atoms with Crippen molar-refractivity contribution in [1.82, 2.24) is 9.55 Å². The molecule has 0 saturated heterocycles. The van der Waals surface area contributed by atoms with Crippen molar-refractivity contribution >= 4 is 11.6 Å². The molecule has 0 amide bonds. The molecule has 1 aliphatic carbocycles. The Hall–Kier alpha value is -1.77. The number of nitrogens with one attached hydrogen (secondary N) is 1. The minimum Gasteiger partial charge on any atom is -0.325 e. The monoisotopic (exact) mass is 283 g/mol. The Bertz CT molecular complexity index is 580. The van der Waals surface area contributed by atoms with Gasteiger partial charge in [0.25, 0.3) is 0 Å². The Morgan fingerprint density at radius 3 is 2.67 bits per heavy atom. The van der Waals surface area contributed by atoms with E-state index >= 15 is 0 Å². The molecule has 3 rings (SSSR count). The molecule has 1 saturated carbocycles. The van der Waals surface area contributed by atoms with Crippen LogP contribution in [0.2, 0.25) is 0 Å². The van der Waals surface area contributed by atoms with Crippen molar-refractivity contribution in [2.75, 3.05) is 5.32 Å². The first kappa shape index (κ1) is 14.2. The van der Waals surface area contributed by atoms with E-state index in [4.69, 9.17) is 0 Å². The first-order valence-electron chi connectivity index (χ1n) is 8.14. The molecule has 3 nitrogen and oxygen atoms in total. The standard InChI is InChI=1S/C18H25N3/c1-14(2)16-10-6-7-11-17(16)20-18-19-12-13-21(18)15-8-4-3-5-9-15/h6-7,10-15H,3-5,8-9H2,1-2H3,(H,19,20). The summed E-state index contributed by atoms with van der Waals surface area (Å²) < 4.78 is 2.33. The Morgan fingerprint density at radius 1 is 1.14 bits per heavy atom. The first-order valence-corrected chi connectivity index (χ1v) is 8.14. The van der Waals surface area contributed by atoms with Crippen molar-refractivity contribution in [1.29, 1.82) is 0 Å². The molecule has 2 aromatic rings. The maximum Gasteiger partial charge on any atom is 0.207 e. The molecule has 1 aliphatic rings. The Morgan fingerprint density at radius 2 is 1.90 bits per heavy atom. The largest absolute Gasteiger partial charge is 0.325 e. The molecular formula is C18H25N3. The highest BCUT2D eigenvalue weighted by atomic mass is 15.2. The van der Waals surface area contributed by atoms with Gasteiger partial charge in [0.2, 0.25) is 5.95 Å². The van der Waals surface area contributed by atoms with E-state index in [-0.39, 0.29) is 0 Å². The summed E-state index contributed by atoms with van der Waals surface area (Å²) in [6.45, 7) is 4.46. The smallest absolute Gasteiger partial charge is 0.207 e. The Labute approximate surface area is 127 Å². The first-order chi connectivity index (χ1) is 10.3. The summed E-state index contributed by atoms with van der Waals surface area (Å²) in [4.78, 5) is 4.54. The quantitative estimate of drug-likeness (QED) is 0.830. The van der Waals surface area contributed by atoms with Crippen LogP contribution >= 0.6 is 0 Å². The van der Waals surface area contributed by atoms with Gasteiger partial charge in [0.1, 0.15) is 0 Å². The van der Waals surface area contributed by atoms with Gasteiger partial charge in [-0.05, 0) is 30.4 Å². The number of aromatic nitrogens is 2. The molecule has 1 aromatic heterocycles. The molecule has 21 heavy (non-hydrogen) atoms. The van der Waals surface area contributed by atoms with Crippen LogP contribution in [0.5, 0.6) is 0 Å². The van der Waals surface area contributed by atoms with Crippen LogP contribution in [0.25, 0.3) is 0 Å². The van der Waals surface area contributed by atoms with Crippen molar-refractivity contribution in [2.24, 2.45) is 0 Å². The van der Waals surface area contributed by atoms with Gasteiger partial charge in [-0.1, -0.05) is 51.3 Å². The molecular weight excluding hydrogens is 258 g/mol. The molecule has 1 aromatic carbocycles. The fourth-order valence-electron chi connectivity index (χ4n) is 3.30. The molecule has 3 heteroatoms. The van der Waals surface area contributed by atoms with Crippen molar-refractivity contribution in [3.05, 3.63) is 42.2 Å². The van der Waals surface area contributed by atoms with Gasteiger partial charge in [-0.25, -0.2) is 4.98 Å². The van der Waals surface area contributed by atoms with Crippen molar-refractivity contribution in [3.63, 3.8) is 0 Å². The number of rotatable bonds is 4. The van der Waals surface area contributed by atoms with Gasteiger partial charge in [0.15, 0.2) is 0 Å². The molecule has 112 valence electrons. The Balaban J connectivity index is 1.84. The number of hydrogen-bond donors (Lipinski definition) is 1. The van der Waals surface area contributed by atoms with E-state index in [1.54, 1.807) is 0 Å². The van der Waals surface area contributed by atoms with Gasteiger partial charge < -0.3 is 9.88 Å². The maximum absolute atomic E-state index is 4.54. The number of imidazole rings is 1. The van der Waals surface area contributed by atoms with Crippen LogP contribution in [-0.4, -0.2) is 9.55 Å². The van der Waals surface area contributed by atoms with E-state index in [1.165, 1.54) is 43.4 Å². The third-order valence-electron chi connectivity index (χ3n) is 4.47. The van der Waals surface area contributed by atoms with Gasteiger partial charge >= 0.3 is 0 Å². The zero-order chi connectivity index (χ0) is 14.7. The lowest BCUT2D eigenvalue weighted by molar-refractivity contribution is 0.356. The third kappa shape index (κ3) is 3.12. The van der Waals surface area contributed by atoms with E-state index < -0.39 is 0 Å². The molecule has 0 spiro atoms. The lowest BCUT2D eigenvalue weighted by Gasteiger charge is -2.25. The topological polar surface area (TPSA) is 29.9 Å². The molecule has 1 fully saturated rings. The summed E-state index contributed by atoms with van der Waals surface area (Å²) in [5.41, 5.74) is 2.52. The molecule has 0 radical (unpaired) electrons. The molecule has 0 aliphatic heterocycles. The van der Waals surface area contributed by atoms with Gasteiger partial charge in [0, 0.05) is 24.1 Å². The lowest BCUT2D eigenvalue weighted by Crippen LogP contribution is -2.14. The molecule has 0 atom stereocenters. The zero-order valence-corrected chi connectivity index (χ0v) is 13.0.